The Balaban J connectivity index is 1.83. The summed E-state index contributed by atoms with van der Waals surface area (Å²) < 4.78 is 5.71. The highest BCUT2D eigenvalue weighted by Crippen LogP contribution is 2.37. The highest BCUT2D eigenvalue weighted by atomic mass is 16.5. The molecule has 1 N–H and O–H groups in total. The lowest BCUT2D eigenvalue weighted by Gasteiger charge is -2.36. The Labute approximate surface area is 119 Å². The molecule has 1 aliphatic heterocycles. The molecular weight excluding hydrogens is 236 g/mol. The Bertz CT molecular complexity index is 270. The molecule has 0 radical (unpaired) electrons. The number of hydrogen-bond donors (Lipinski definition) is 1. The first-order chi connectivity index (χ1) is 9.02. The molecule has 1 heterocycles. The van der Waals surface area contributed by atoms with Crippen LogP contribution < -0.4 is 5.32 Å². The summed E-state index contributed by atoms with van der Waals surface area (Å²) in [6.45, 7) is 12.2. The molecule has 2 atom stereocenters. The molecule has 0 aromatic rings. The Morgan fingerprint density at radius 1 is 1.32 bits per heavy atom. The van der Waals surface area contributed by atoms with Crippen molar-refractivity contribution in [2.75, 3.05) is 39.9 Å². The molecule has 1 saturated heterocycles. The van der Waals surface area contributed by atoms with Gasteiger partial charge in [-0.05, 0) is 51.6 Å². The zero-order valence-corrected chi connectivity index (χ0v) is 13.2. The maximum absolute atomic E-state index is 5.71. The van der Waals surface area contributed by atoms with E-state index < -0.39 is 0 Å². The molecule has 2 rings (SSSR count). The van der Waals surface area contributed by atoms with Crippen molar-refractivity contribution in [3.05, 3.63) is 0 Å². The van der Waals surface area contributed by atoms with Crippen LogP contribution in [0.3, 0.4) is 0 Å². The molecule has 2 fully saturated rings. The highest BCUT2D eigenvalue weighted by molar-refractivity contribution is 4.91. The normalized spacial score (nSPS) is 29.4. The Morgan fingerprint density at radius 2 is 2.05 bits per heavy atom. The third kappa shape index (κ3) is 4.44. The van der Waals surface area contributed by atoms with E-state index in [1.54, 1.807) is 0 Å². The fraction of sp³-hybridized carbons (Fsp3) is 1.00. The predicted octanol–water partition coefficient (Wildman–Crippen LogP) is 2.37. The molecule has 19 heavy (non-hydrogen) atoms. The van der Waals surface area contributed by atoms with Crippen LogP contribution in [0, 0.1) is 17.3 Å². The minimum Gasteiger partial charge on any atom is -0.381 e. The van der Waals surface area contributed by atoms with Crippen molar-refractivity contribution < 1.29 is 4.74 Å². The van der Waals surface area contributed by atoms with E-state index in [0.717, 1.165) is 44.2 Å². The standard InChI is InChI=1S/C16H32N2O/c1-13(2)9-17-10-16(7-8-19-12-16)11-18(4)14(3)15-5-6-15/h13-15,17H,5-12H2,1-4H3. The summed E-state index contributed by atoms with van der Waals surface area (Å²) in [7, 11) is 2.30. The molecule has 2 aliphatic rings. The second-order valence-electron chi connectivity index (χ2n) is 7.32. The van der Waals surface area contributed by atoms with E-state index in [9.17, 15) is 0 Å². The monoisotopic (exact) mass is 268 g/mol. The quantitative estimate of drug-likeness (QED) is 0.731. The van der Waals surface area contributed by atoms with Gasteiger partial charge in [0.2, 0.25) is 0 Å². The summed E-state index contributed by atoms with van der Waals surface area (Å²) >= 11 is 0. The summed E-state index contributed by atoms with van der Waals surface area (Å²) in [5, 5.41) is 3.65. The van der Waals surface area contributed by atoms with Gasteiger partial charge in [-0.2, -0.15) is 0 Å². The minimum atomic E-state index is 0.340. The lowest BCUT2D eigenvalue weighted by atomic mass is 9.86. The van der Waals surface area contributed by atoms with Crippen molar-refractivity contribution in [2.45, 2.75) is 46.1 Å². The second-order valence-corrected chi connectivity index (χ2v) is 7.32. The van der Waals surface area contributed by atoms with Gasteiger partial charge in [0, 0.05) is 31.2 Å². The van der Waals surface area contributed by atoms with Gasteiger partial charge in [-0.1, -0.05) is 13.8 Å². The number of rotatable bonds is 8. The van der Waals surface area contributed by atoms with Gasteiger partial charge >= 0.3 is 0 Å². The van der Waals surface area contributed by atoms with Crippen LogP contribution in [0.5, 0.6) is 0 Å². The van der Waals surface area contributed by atoms with E-state index in [-0.39, 0.29) is 0 Å². The summed E-state index contributed by atoms with van der Waals surface area (Å²) in [4.78, 5) is 2.57. The smallest absolute Gasteiger partial charge is 0.0547 e. The first-order valence-electron chi connectivity index (χ1n) is 8.01. The molecule has 112 valence electrons. The molecule has 1 aliphatic carbocycles. The molecule has 0 aromatic heterocycles. The minimum absolute atomic E-state index is 0.340. The van der Waals surface area contributed by atoms with Crippen molar-refractivity contribution in [3.63, 3.8) is 0 Å². The molecule has 3 heteroatoms. The molecule has 3 nitrogen and oxygen atoms in total. The molecule has 2 unspecified atom stereocenters. The van der Waals surface area contributed by atoms with E-state index in [1.165, 1.54) is 25.8 Å². The van der Waals surface area contributed by atoms with Gasteiger partial charge in [-0.25, -0.2) is 0 Å². The zero-order valence-electron chi connectivity index (χ0n) is 13.2. The predicted molar refractivity (Wildman–Crippen MR) is 80.4 cm³/mol. The van der Waals surface area contributed by atoms with Crippen LogP contribution in [-0.4, -0.2) is 50.8 Å². The van der Waals surface area contributed by atoms with Crippen LogP contribution in [0.4, 0.5) is 0 Å². The molecule has 0 aromatic carbocycles. The summed E-state index contributed by atoms with van der Waals surface area (Å²) in [6.07, 6.45) is 4.07. The van der Waals surface area contributed by atoms with E-state index in [1.807, 2.05) is 0 Å². The first-order valence-corrected chi connectivity index (χ1v) is 8.01. The maximum Gasteiger partial charge on any atom is 0.0547 e. The van der Waals surface area contributed by atoms with Crippen molar-refractivity contribution in [1.82, 2.24) is 10.2 Å². The fourth-order valence-electron chi connectivity index (χ4n) is 3.21. The van der Waals surface area contributed by atoms with Crippen LogP contribution in [0.15, 0.2) is 0 Å². The number of nitrogens with one attached hydrogen (secondary N) is 1. The van der Waals surface area contributed by atoms with Gasteiger partial charge < -0.3 is 15.0 Å². The van der Waals surface area contributed by atoms with Gasteiger partial charge in [0.25, 0.3) is 0 Å². The fourth-order valence-corrected chi connectivity index (χ4v) is 3.21. The van der Waals surface area contributed by atoms with E-state index in [0.29, 0.717) is 5.41 Å². The maximum atomic E-state index is 5.71. The van der Waals surface area contributed by atoms with Gasteiger partial charge in [0.15, 0.2) is 0 Å². The summed E-state index contributed by atoms with van der Waals surface area (Å²) in [5.41, 5.74) is 0.340. The van der Waals surface area contributed by atoms with Gasteiger partial charge in [0.1, 0.15) is 0 Å². The van der Waals surface area contributed by atoms with Crippen LogP contribution in [0.2, 0.25) is 0 Å². The van der Waals surface area contributed by atoms with Gasteiger partial charge in [-0.3, -0.25) is 0 Å². The number of hydrogen-bond acceptors (Lipinski definition) is 3. The van der Waals surface area contributed by atoms with Gasteiger partial charge in [0.05, 0.1) is 6.61 Å². The third-order valence-electron chi connectivity index (χ3n) is 4.82. The van der Waals surface area contributed by atoms with E-state index in [4.69, 9.17) is 4.74 Å². The van der Waals surface area contributed by atoms with Crippen molar-refractivity contribution in [1.29, 1.82) is 0 Å². The Morgan fingerprint density at radius 3 is 2.58 bits per heavy atom. The molecule has 0 spiro atoms. The van der Waals surface area contributed by atoms with Crippen molar-refractivity contribution in [2.24, 2.45) is 17.3 Å². The van der Waals surface area contributed by atoms with E-state index in [2.05, 4.69) is 38.0 Å². The lowest BCUT2D eigenvalue weighted by Crippen LogP contribution is -2.47. The Hall–Kier alpha value is -0.120. The van der Waals surface area contributed by atoms with E-state index >= 15 is 0 Å². The number of ether oxygens (including phenoxy) is 1. The van der Waals surface area contributed by atoms with Crippen LogP contribution in [0.25, 0.3) is 0 Å². The van der Waals surface area contributed by atoms with Gasteiger partial charge in [-0.15, -0.1) is 0 Å². The average Bonchev–Trinajstić information content (AvgIpc) is 3.10. The van der Waals surface area contributed by atoms with Crippen LogP contribution in [-0.2, 0) is 4.74 Å². The molecule has 0 amide bonds. The van der Waals surface area contributed by atoms with Crippen molar-refractivity contribution in [3.8, 4) is 0 Å². The first kappa shape index (κ1) is 15.3. The van der Waals surface area contributed by atoms with Crippen LogP contribution >= 0.6 is 0 Å². The largest absolute Gasteiger partial charge is 0.381 e. The second kappa shape index (κ2) is 6.55. The topological polar surface area (TPSA) is 24.5 Å². The highest BCUT2D eigenvalue weighted by Gasteiger charge is 2.38. The molecule has 0 bridgehead atoms. The van der Waals surface area contributed by atoms with Crippen LogP contribution in [0.1, 0.15) is 40.0 Å². The summed E-state index contributed by atoms with van der Waals surface area (Å²) in [6, 6.07) is 0.738. The number of nitrogens with zero attached hydrogens (tertiary/aromatic N) is 1. The van der Waals surface area contributed by atoms with Crippen molar-refractivity contribution >= 4 is 0 Å². The Kier molecular flexibility index (Phi) is 5.27. The summed E-state index contributed by atoms with van der Waals surface area (Å²) in [5.74, 6) is 1.68. The lowest BCUT2D eigenvalue weighted by molar-refractivity contribution is 0.0986. The molecular formula is C16H32N2O. The zero-order chi connectivity index (χ0) is 13.9. The molecule has 1 saturated carbocycles. The third-order valence-corrected chi connectivity index (χ3v) is 4.82. The SMILES string of the molecule is CC(C)CNCC1(CN(C)C(C)C2CC2)CCOC1. The average molecular weight is 268 g/mol.